The molecule has 4 N–H and O–H groups in total. The van der Waals surface area contributed by atoms with Crippen molar-refractivity contribution in [3.8, 4) is 23.0 Å². The molecule has 68 heavy (non-hydrogen) atoms. The lowest BCUT2D eigenvalue weighted by Crippen LogP contribution is -2.19. The smallest absolute Gasteiger partial charge is 0.340 e. The summed E-state index contributed by atoms with van der Waals surface area (Å²) < 4.78 is 125. The lowest BCUT2D eigenvalue weighted by molar-refractivity contribution is 0.261. The second-order valence-corrected chi connectivity index (χ2v) is 20.6. The topological polar surface area (TPSA) is 256 Å². The summed E-state index contributed by atoms with van der Waals surface area (Å²) in [6.07, 6.45) is 0. The number of aryl methyl sites for hydroxylation is 2. The highest BCUT2D eigenvalue weighted by Gasteiger charge is 2.30. The van der Waals surface area contributed by atoms with Crippen LogP contribution in [0.5, 0.6) is 23.0 Å². The molecule has 0 unspecified atom stereocenters. The molecule has 0 aliphatic heterocycles. The maximum atomic E-state index is 13.4. The fraction of sp³-hybridized carbons (Fsp3) is 0.0435. The molecule has 0 aliphatic carbocycles. The van der Waals surface area contributed by atoms with Crippen LogP contribution in [0.2, 0.25) is 0 Å². The summed E-state index contributed by atoms with van der Waals surface area (Å²) in [5, 5.41) is 10.3. The molecule has 0 bridgehead atoms. The Morgan fingerprint density at radius 2 is 0.559 bits per heavy atom. The van der Waals surface area contributed by atoms with Crippen molar-refractivity contribution in [1.29, 1.82) is 0 Å². The van der Waals surface area contributed by atoms with Crippen LogP contribution in [-0.2, 0) is 40.5 Å². The molecule has 18 nitrogen and oxygen atoms in total. The Morgan fingerprint density at radius 3 is 0.809 bits per heavy atom. The largest absolute Gasteiger partial charge is 0.379 e. The van der Waals surface area contributed by atoms with Gasteiger partial charge in [0.25, 0.3) is 0 Å². The molecule has 0 spiro atoms. The normalized spacial score (nSPS) is 11.7. The van der Waals surface area contributed by atoms with E-state index >= 15 is 0 Å². The van der Waals surface area contributed by atoms with Crippen LogP contribution in [0, 0.1) is 13.8 Å². The highest BCUT2D eigenvalue weighted by molar-refractivity contribution is 7.90. The lowest BCUT2D eigenvalue weighted by Gasteiger charge is -2.13. The Kier molecular flexibility index (Phi) is 14.1. The fourth-order valence-corrected chi connectivity index (χ4v) is 10.4. The van der Waals surface area contributed by atoms with Gasteiger partial charge in [0.1, 0.15) is 42.6 Å². The van der Waals surface area contributed by atoms with E-state index in [1.165, 1.54) is 133 Å². The third-order valence-electron chi connectivity index (χ3n) is 9.28. The van der Waals surface area contributed by atoms with Gasteiger partial charge in [-0.15, -0.1) is 0 Å². The summed E-state index contributed by atoms with van der Waals surface area (Å²) in [6.45, 7) is 3.64. The average molecular weight is 999 g/mol. The third kappa shape index (κ3) is 12.5. The van der Waals surface area contributed by atoms with Gasteiger partial charge in [-0.3, -0.25) is 0 Å². The van der Waals surface area contributed by atoms with Crippen molar-refractivity contribution in [2.45, 2.75) is 33.4 Å². The first kappa shape index (κ1) is 48.0. The van der Waals surface area contributed by atoms with Crippen molar-refractivity contribution in [3.63, 3.8) is 0 Å². The summed E-state index contributed by atoms with van der Waals surface area (Å²) in [5.74, 6) is -0.400. The maximum absolute atomic E-state index is 13.4. The number of urea groups is 2. The number of carbonyl (C=O) groups excluding carboxylic acids is 2. The minimum atomic E-state index is -4.79. The number of nitrogens with one attached hydrogen (secondary N) is 4. The number of benzene rings is 7. The van der Waals surface area contributed by atoms with Gasteiger partial charge in [-0.25, -0.2) is 9.59 Å². The molecule has 0 fully saturated rings. The Labute approximate surface area is 392 Å². The fourth-order valence-electron chi connectivity index (χ4n) is 5.93. The summed E-state index contributed by atoms with van der Waals surface area (Å²) >= 11 is 0. The van der Waals surface area contributed by atoms with Crippen molar-refractivity contribution in [3.05, 3.63) is 181 Å². The molecule has 22 heteroatoms. The van der Waals surface area contributed by atoms with E-state index < -0.39 is 62.3 Å². The Balaban J connectivity index is 0.905. The maximum Gasteiger partial charge on any atom is 0.340 e. The van der Waals surface area contributed by atoms with Gasteiger partial charge >= 0.3 is 52.5 Å². The Hall–Kier alpha value is -7.92. The van der Waals surface area contributed by atoms with Gasteiger partial charge in [-0.2, -0.15) is 33.7 Å². The summed E-state index contributed by atoms with van der Waals surface area (Å²) in [4.78, 5) is 23.9. The van der Waals surface area contributed by atoms with Gasteiger partial charge in [0.05, 0.1) is 0 Å². The second-order valence-electron chi connectivity index (χ2n) is 14.5. The van der Waals surface area contributed by atoms with E-state index in [1.54, 1.807) is 24.3 Å². The number of carbonyl (C=O) groups is 2. The highest BCUT2D eigenvalue weighted by Crippen LogP contribution is 2.29. The molecule has 0 aliphatic rings. The van der Waals surface area contributed by atoms with E-state index in [-0.39, 0.29) is 44.2 Å². The summed E-state index contributed by atoms with van der Waals surface area (Å²) in [5.41, 5.74) is 2.80. The molecular weight excluding hydrogens is 961 g/mol. The number of anilines is 4. The first-order valence-electron chi connectivity index (χ1n) is 19.8. The van der Waals surface area contributed by atoms with Gasteiger partial charge in [0.2, 0.25) is 0 Å². The van der Waals surface area contributed by atoms with Crippen LogP contribution in [-0.4, -0.2) is 45.7 Å². The molecule has 0 heterocycles. The molecular formula is C46H38N4O14S4. The summed E-state index contributed by atoms with van der Waals surface area (Å²) in [6, 6.07) is 36.9. The molecule has 0 radical (unpaired) electrons. The van der Waals surface area contributed by atoms with E-state index in [1.807, 2.05) is 13.8 Å². The van der Waals surface area contributed by atoms with E-state index in [0.717, 1.165) is 23.3 Å². The van der Waals surface area contributed by atoms with Crippen molar-refractivity contribution < 1.29 is 60.0 Å². The van der Waals surface area contributed by atoms with Crippen molar-refractivity contribution in [2.24, 2.45) is 0 Å². The standard InChI is InChI=1S/C46H38N4O14S4/c1-31-7-27-41(28-8-31)65(53,54)61-37-19-11-33(12-20-37)47-45(51)49-35-15-23-39(24-16-35)63-67(57,58)43-5-3-4-6-44(43)68(59,60)64-40-25-17-36(18-26-40)50-46(52)48-34-13-21-38(22-14-34)62-66(55,56)42-29-9-32(2)10-30-42/h3-30H,1-2H3,(H2,47,49,51)(H2,48,50,52). The van der Waals surface area contributed by atoms with Gasteiger partial charge < -0.3 is 38.0 Å². The first-order chi connectivity index (χ1) is 32.2. The van der Waals surface area contributed by atoms with Crippen LogP contribution in [0.1, 0.15) is 11.1 Å². The van der Waals surface area contributed by atoms with Crippen molar-refractivity contribution in [2.75, 3.05) is 21.3 Å². The zero-order chi connectivity index (χ0) is 48.7. The predicted octanol–water partition coefficient (Wildman–Crippen LogP) is 8.66. The average Bonchev–Trinajstić information content (AvgIpc) is 3.29. The van der Waals surface area contributed by atoms with Gasteiger partial charge in [0, 0.05) is 22.7 Å². The zero-order valence-electron chi connectivity index (χ0n) is 35.5. The molecule has 7 rings (SSSR count). The molecule has 350 valence electrons. The monoisotopic (exact) mass is 998 g/mol. The van der Waals surface area contributed by atoms with Crippen LogP contribution < -0.4 is 38.0 Å². The van der Waals surface area contributed by atoms with E-state index in [0.29, 0.717) is 11.4 Å². The van der Waals surface area contributed by atoms with Gasteiger partial charge in [-0.1, -0.05) is 47.5 Å². The number of hydrogen-bond acceptors (Lipinski definition) is 14. The highest BCUT2D eigenvalue weighted by atomic mass is 32.2. The van der Waals surface area contributed by atoms with Crippen LogP contribution >= 0.6 is 0 Å². The quantitative estimate of drug-likeness (QED) is 0.0661. The molecule has 7 aromatic rings. The second kappa shape index (κ2) is 19.9. The van der Waals surface area contributed by atoms with E-state index in [2.05, 4.69) is 21.3 Å². The van der Waals surface area contributed by atoms with Crippen LogP contribution in [0.3, 0.4) is 0 Å². The van der Waals surface area contributed by atoms with E-state index in [4.69, 9.17) is 16.7 Å². The molecule has 0 saturated carbocycles. The lowest BCUT2D eigenvalue weighted by atomic mass is 10.2. The van der Waals surface area contributed by atoms with Crippen molar-refractivity contribution >= 4 is 75.3 Å². The van der Waals surface area contributed by atoms with Crippen LogP contribution in [0.4, 0.5) is 32.3 Å². The molecule has 7 aromatic carbocycles. The number of amides is 4. The van der Waals surface area contributed by atoms with Gasteiger partial charge in [-0.05, 0) is 147 Å². The van der Waals surface area contributed by atoms with Crippen molar-refractivity contribution in [1.82, 2.24) is 0 Å². The van der Waals surface area contributed by atoms with E-state index in [9.17, 15) is 43.3 Å². The minimum Gasteiger partial charge on any atom is -0.379 e. The number of hydrogen-bond donors (Lipinski definition) is 4. The Bertz CT molecular complexity index is 3180. The first-order valence-corrected chi connectivity index (χ1v) is 25.4. The molecule has 4 amide bonds. The molecule has 0 atom stereocenters. The number of rotatable bonds is 16. The molecule has 0 aromatic heterocycles. The third-order valence-corrected chi connectivity index (χ3v) is 14.5. The van der Waals surface area contributed by atoms with Crippen LogP contribution in [0.15, 0.2) is 189 Å². The van der Waals surface area contributed by atoms with Crippen LogP contribution in [0.25, 0.3) is 0 Å². The van der Waals surface area contributed by atoms with Gasteiger partial charge in [0.15, 0.2) is 0 Å². The minimum absolute atomic E-state index is 0.0178. The zero-order valence-corrected chi connectivity index (χ0v) is 38.8. The predicted molar refractivity (Wildman–Crippen MR) is 251 cm³/mol. The summed E-state index contributed by atoms with van der Waals surface area (Å²) in [7, 11) is -17.7. The molecule has 0 saturated heterocycles. The SMILES string of the molecule is Cc1ccc(S(=O)(=O)Oc2ccc(NC(=O)Nc3ccc(OS(=O)(=O)c4ccccc4S(=O)(=O)Oc4ccc(NC(=O)Nc5ccc(OS(=O)(=O)c6ccc(C)cc6)cc5)cc4)cc3)cc2)cc1. The Morgan fingerprint density at radius 1 is 0.324 bits per heavy atom.